The van der Waals surface area contributed by atoms with Crippen LogP contribution in [-0.2, 0) is 10.3 Å². The molecule has 1 saturated heterocycles. The van der Waals surface area contributed by atoms with Gasteiger partial charge in [-0.1, -0.05) is 30.3 Å². The number of nitrogens with zero attached hydrogens (tertiary/aromatic N) is 1. The third kappa shape index (κ3) is 2.67. The number of hydrogen-bond donors (Lipinski definition) is 1. The lowest BCUT2D eigenvalue weighted by Gasteiger charge is -2.22. The van der Waals surface area contributed by atoms with E-state index in [9.17, 15) is 18.8 Å². The first kappa shape index (κ1) is 15.9. The number of carbonyl (C=O) groups is 3. The van der Waals surface area contributed by atoms with Crippen LogP contribution in [0, 0.1) is 5.82 Å². The third-order valence-corrected chi connectivity index (χ3v) is 4.09. The summed E-state index contributed by atoms with van der Waals surface area (Å²) in [5, 5.41) is 2.64. The molecule has 2 aromatic rings. The average molecular weight is 326 g/mol. The van der Waals surface area contributed by atoms with Crippen LogP contribution in [0.15, 0.2) is 54.6 Å². The zero-order chi connectivity index (χ0) is 17.3. The van der Waals surface area contributed by atoms with Gasteiger partial charge in [-0.05, 0) is 36.8 Å². The van der Waals surface area contributed by atoms with Crippen molar-refractivity contribution in [3.05, 3.63) is 71.5 Å². The summed E-state index contributed by atoms with van der Waals surface area (Å²) >= 11 is 0. The van der Waals surface area contributed by atoms with E-state index in [1.165, 1.54) is 12.1 Å². The van der Waals surface area contributed by atoms with E-state index in [2.05, 4.69) is 5.32 Å². The van der Waals surface area contributed by atoms with Crippen molar-refractivity contribution in [3.8, 4) is 0 Å². The van der Waals surface area contributed by atoms with Crippen molar-refractivity contribution in [2.75, 3.05) is 6.54 Å². The molecule has 2 aromatic carbocycles. The maximum atomic E-state index is 12.9. The van der Waals surface area contributed by atoms with Crippen LogP contribution in [0.25, 0.3) is 0 Å². The first-order valence-corrected chi connectivity index (χ1v) is 7.40. The predicted molar refractivity (Wildman–Crippen MR) is 84.8 cm³/mol. The molecule has 1 fully saturated rings. The second-order valence-corrected chi connectivity index (χ2v) is 5.74. The number of hydrogen-bond acceptors (Lipinski definition) is 3. The molecule has 1 aliphatic heterocycles. The summed E-state index contributed by atoms with van der Waals surface area (Å²) in [6.45, 7) is 1.21. The highest BCUT2D eigenvalue weighted by atomic mass is 19.1. The van der Waals surface area contributed by atoms with Crippen molar-refractivity contribution in [1.29, 1.82) is 0 Å². The van der Waals surface area contributed by atoms with Gasteiger partial charge in [-0.25, -0.2) is 9.18 Å². The molecule has 3 amide bonds. The minimum atomic E-state index is -1.21. The Morgan fingerprint density at radius 2 is 1.71 bits per heavy atom. The smallest absolute Gasteiger partial charge is 0.319 e. The molecule has 0 saturated carbocycles. The molecule has 3 rings (SSSR count). The number of rotatable bonds is 4. The monoisotopic (exact) mass is 326 g/mol. The highest BCUT2D eigenvalue weighted by Gasteiger charge is 2.49. The van der Waals surface area contributed by atoms with Crippen molar-refractivity contribution >= 4 is 17.7 Å². The van der Waals surface area contributed by atoms with E-state index in [0.717, 1.165) is 17.0 Å². The molecule has 0 aromatic heterocycles. The molecule has 1 heterocycles. The fourth-order valence-electron chi connectivity index (χ4n) is 2.68. The Hall–Kier alpha value is -3.02. The van der Waals surface area contributed by atoms with Gasteiger partial charge in [0.05, 0.1) is 6.54 Å². The van der Waals surface area contributed by atoms with E-state index in [0.29, 0.717) is 5.56 Å². The van der Waals surface area contributed by atoms with Gasteiger partial charge in [0.2, 0.25) is 0 Å². The fraction of sp³-hybridized carbons (Fsp3) is 0.167. The minimum absolute atomic E-state index is 0.241. The molecule has 24 heavy (non-hydrogen) atoms. The Labute approximate surface area is 138 Å². The molecular formula is C18H15FN2O3. The number of benzene rings is 2. The van der Waals surface area contributed by atoms with Crippen LogP contribution >= 0.6 is 0 Å². The number of imide groups is 1. The van der Waals surface area contributed by atoms with Crippen molar-refractivity contribution in [3.63, 3.8) is 0 Å². The van der Waals surface area contributed by atoms with E-state index in [1.807, 2.05) is 6.07 Å². The fourth-order valence-corrected chi connectivity index (χ4v) is 2.68. The highest BCUT2D eigenvalue weighted by Crippen LogP contribution is 2.28. The predicted octanol–water partition coefficient (Wildman–Crippen LogP) is 2.48. The standard InChI is InChI=1S/C18H15FN2O3/c1-18(13-5-3-2-4-6-13)16(23)21(17(24)20-18)11-15(22)12-7-9-14(19)10-8-12/h2-10H,11H2,1H3,(H,20,24). The van der Waals surface area contributed by atoms with Crippen LogP contribution in [0.2, 0.25) is 0 Å². The lowest BCUT2D eigenvalue weighted by Crippen LogP contribution is -2.41. The molecule has 0 aliphatic carbocycles. The lowest BCUT2D eigenvalue weighted by atomic mass is 9.92. The lowest BCUT2D eigenvalue weighted by molar-refractivity contribution is -0.130. The first-order valence-electron chi connectivity index (χ1n) is 7.40. The van der Waals surface area contributed by atoms with Crippen molar-refractivity contribution in [2.24, 2.45) is 0 Å². The first-order chi connectivity index (χ1) is 11.4. The second-order valence-electron chi connectivity index (χ2n) is 5.74. The van der Waals surface area contributed by atoms with Gasteiger partial charge in [-0.3, -0.25) is 14.5 Å². The second kappa shape index (κ2) is 5.88. The Kier molecular flexibility index (Phi) is 3.89. The Bertz CT molecular complexity index is 805. The summed E-state index contributed by atoms with van der Waals surface area (Å²) in [5.41, 5.74) is -0.327. The molecule has 0 bridgehead atoms. The summed E-state index contributed by atoms with van der Waals surface area (Å²) in [6.07, 6.45) is 0. The maximum Gasteiger partial charge on any atom is 0.325 e. The largest absolute Gasteiger partial charge is 0.325 e. The quantitative estimate of drug-likeness (QED) is 0.693. The van der Waals surface area contributed by atoms with Gasteiger partial charge in [0.1, 0.15) is 11.4 Å². The summed E-state index contributed by atoms with van der Waals surface area (Å²) < 4.78 is 12.9. The van der Waals surface area contributed by atoms with E-state index in [-0.39, 0.29) is 5.56 Å². The summed E-state index contributed by atoms with van der Waals surface area (Å²) in [5.74, 6) is -1.39. The molecule has 1 aliphatic rings. The molecule has 6 heteroatoms. The number of nitrogens with one attached hydrogen (secondary N) is 1. The summed E-state index contributed by atoms with van der Waals surface area (Å²) in [4.78, 5) is 38.0. The molecule has 122 valence electrons. The van der Waals surface area contributed by atoms with E-state index >= 15 is 0 Å². The van der Waals surface area contributed by atoms with Gasteiger partial charge in [-0.15, -0.1) is 0 Å². The molecular weight excluding hydrogens is 311 g/mol. The van der Waals surface area contributed by atoms with Crippen LogP contribution in [0.3, 0.4) is 0 Å². The number of Topliss-reactive ketones (excluding diaryl/α,β-unsaturated/α-hetero) is 1. The van der Waals surface area contributed by atoms with Gasteiger partial charge in [-0.2, -0.15) is 0 Å². The van der Waals surface area contributed by atoms with E-state index in [1.54, 1.807) is 31.2 Å². The molecule has 0 radical (unpaired) electrons. The average Bonchev–Trinajstić information content (AvgIpc) is 2.80. The topological polar surface area (TPSA) is 66.5 Å². The minimum Gasteiger partial charge on any atom is -0.319 e. The van der Waals surface area contributed by atoms with Crippen molar-refractivity contribution in [1.82, 2.24) is 10.2 Å². The zero-order valence-electron chi connectivity index (χ0n) is 13.0. The highest BCUT2D eigenvalue weighted by molar-refractivity contribution is 6.11. The number of carbonyl (C=O) groups excluding carboxylic acids is 3. The van der Waals surface area contributed by atoms with Gasteiger partial charge in [0.25, 0.3) is 5.91 Å². The molecule has 1 unspecified atom stereocenters. The van der Waals surface area contributed by atoms with Crippen molar-refractivity contribution in [2.45, 2.75) is 12.5 Å². The molecule has 1 N–H and O–H groups in total. The van der Waals surface area contributed by atoms with E-state index in [4.69, 9.17) is 0 Å². The Morgan fingerprint density at radius 1 is 1.08 bits per heavy atom. The molecule has 0 spiro atoms. The SMILES string of the molecule is CC1(c2ccccc2)NC(=O)N(CC(=O)c2ccc(F)cc2)C1=O. The van der Waals surface area contributed by atoms with Crippen LogP contribution in [0.1, 0.15) is 22.8 Å². The summed E-state index contributed by atoms with van der Waals surface area (Å²) in [7, 11) is 0. The zero-order valence-corrected chi connectivity index (χ0v) is 13.0. The molecule has 1 atom stereocenters. The third-order valence-electron chi connectivity index (χ3n) is 4.09. The van der Waals surface area contributed by atoms with Crippen LogP contribution in [0.5, 0.6) is 0 Å². The van der Waals surface area contributed by atoms with Crippen molar-refractivity contribution < 1.29 is 18.8 Å². The van der Waals surface area contributed by atoms with Gasteiger partial charge in [0.15, 0.2) is 5.78 Å². The molecule has 5 nitrogen and oxygen atoms in total. The van der Waals surface area contributed by atoms with Gasteiger partial charge in [0, 0.05) is 5.56 Å². The van der Waals surface area contributed by atoms with Gasteiger partial charge >= 0.3 is 6.03 Å². The van der Waals surface area contributed by atoms with Crippen LogP contribution < -0.4 is 5.32 Å². The summed E-state index contributed by atoms with van der Waals surface area (Å²) in [6, 6.07) is 13.2. The Morgan fingerprint density at radius 3 is 2.33 bits per heavy atom. The van der Waals surface area contributed by atoms with Gasteiger partial charge < -0.3 is 5.32 Å². The van der Waals surface area contributed by atoms with Crippen LogP contribution in [0.4, 0.5) is 9.18 Å². The maximum absolute atomic E-state index is 12.9. The number of urea groups is 1. The number of halogens is 1. The number of amides is 3. The normalized spacial score (nSPS) is 20.2. The van der Waals surface area contributed by atoms with E-state index < -0.39 is 35.6 Å². The number of ketones is 1. The Balaban J connectivity index is 1.82. The van der Waals surface area contributed by atoms with Crippen LogP contribution in [-0.4, -0.2) is 29.2 Å².